The molecule has 6 heteroatoms. The lowest BCUT2D eigenvalue weighted by atomic mass is 10.2. The molecule has 0 aliphatic heterocycles. The van der Waals surface area contributed by atoms with Gasteiger partial charge < -0.3 is 19.5 Å². The van der Waals surface area contributed by atoms with Crippen molar-refractivity contribution in [3.8, 4) is 23.3 Å². The number of anilines is 2. The van der Waals surface area contributed by atoms with Crippen molar-refractivity contribution >= 4 is 11.5 Å². The largest absolute Gasteiger partial charge is 0.493 e. The van der Waals surface area contributed by atoms with Gasteiger partial charge >= 0.3 is 0 Å². The predicted octanol–water partition coefficient (Wildman–Crippen LogP) is 2.72. The maximum Gasteiger partial charge on any atom is 0.203 e. The number of benzene rings is 1. The van der Waals surface area contributed by atoms with Gasteiger partial charge in [-0.3, -0.25) is 0 Å². The highest BCUT2D eigenvalue weighted by molar-refractivity contribution is 5.66. The van der Waals surface area contributed by atoms with Gasteiger partial charge in [0.2, 0.25) is 5.75 Å². The number of nitrogens with zero attached hydrogens (tertiary/aromatic N) is 2. The van der Waals surface area contributed by atoms with Gasteiger partial charge in [-0.1, -0.05) is 0 Å². The summed E-state index contributed by atoms with van der Waals surface area (Å²) in [6.45, 7) is 0. The Hall–Kier alpha value is -2.94. The molecule has 0 bridgehead atoms. The topological polar surface area (TPSA) is 76.4 Å². The van der Waals surface area contributed by atoms with Crippen LogP contribution in [0.5, 0.6) is 17.2 Å². The van der Waals surface area contributed by atoms with E-state index in [0.29, 0.717) is 28.6 Å². The van der Waals surface area contributed by atoms with Crippen molar-refractivity contribution in [2.75, 3.05) is 26.6 Å². The minimum Gasteiger partial charge on any atom is -0.493 e. The van der Waals surface area contributed by atoms with Gasteiger partial charge in [-0.15, -0.1) is 0 Å². The molecule has 0 saturated heterocycles. The molecule has 2 aromatic rings. The third kappa shape index (κ3) is 3.15. The van der Waals surface area contributed by atoms with Crippen LogP contribution >= 0.6 is 0 Å². The Kier molecular flexibility index (Phi) is 4.46. The minimum atomic E-state index is 0.505. The second kappa shape index (κ2) is 6.48. The Morgan fingerprint density at radius 3 is 2.14 bits per heavy atom. The van der Waals surface area contributed by atoms with Crippen LogP contribution in [0.2, 0.25) is 0 Å². The second-order valence-electron chi connectivity index (χ2n) is 4.08. The Labute approximate surface area is 122 Å². The Balaban J connectivity index is 2.33. The second-order valence-corrected chi connectivity index (χ2v) is 4.08. The van der Waals surface area contributed by atoms with E-state index in [1.807, 2.05) is 6.07 Å². The highest BCUT2D eigenvalue weighted by Gasteiger charge is 2.13. The number of aromatic nitrogens is 1. The maximum atomic E-state index is 8.76. The fourth-order valence-corrected chi connectivity index (χ4v) is 1.84. The molecule has 1 aromatic heterocycles. The molecule has 1 heterocycles. The van der Waals surface area contributed by atoms with Gasteiger partial charge in [0.05, 0.1) is 26.9 Å². The van der Waals surface area contributed by atoms with Crippen LogP contribution in [0.1, 0.15) is 5.56 Å². The molecule has 21 heavy (non-hydrogen) atoms. The molecule has 0 spiro atoms. The summed E-state index contributed by atoms with van der Waals surface area (Å²) in [7, 11) is 4.66. The highest BCUT2D eigenvalue weighted by Crippen LogP contribution is 2.40. The van der Waals surface area contributed by atoms with Gasteiger partial charge in [-0.05, 0) is 12.1 Å². The standard InChI is InChI=1S/C15H15N3O3/c1-19-12-6-11(7-13(20-2)15(12)21-3)18-14-5-4-10(8-16)9-17-14/h4-7,9H,1-3H3,(H,17,18). The first-order valence-corrected chi connectivity index (χ1v) is 6.15. The van der Waals surface area contributed by atoms with Gasteiger partial charge in [0.25, 0.3) is 0 Å². The lowest BCUT2D eigenvalue weighted by Gasteiger charge is -2.14. The van der Waals surface area contributed by atoms with Crippen LogP contribution in [0.15, 0.2) is 30.5 Å². The van der Waals surface area contributed by atoms with E-state index in [4.69, 9.17) is 19.5 Å². The van der Waals surface area contributed by atoms with Crippen LogP contribution in [0, 0.1) is 11.3 Å². The van der Waals surface area contributed by atoms with Crippen molar-refractivity contribution in [2.45, 2.75) is 0 Å². The van der Waals surface area contributed by atoms with Gasteiger partial charge in [0.1, 0.15) is 11.9 Å². The fraction of sp³-hybridized carbons (Fsp3) is 0.200. The van der Waals surface area contributed by atoms with Crippen LogP contribution in [0.4, 0.5) is 11.5 Å². The summed E-state index contributed by atoms with van der Waals surface area (Å²) in [5.41, 5.74) is 1.24. The van der Waals surface area contributed by atoms with Crippen molar-refractivity contribution in [2.24, 2.45) is 0 Å². The van der Waals surface area contributed by atoms with Gasteiger partial charge in [0.15, 0.2) is 11.5 Å². The zero-order valence-corrected chi connectivity index (χ0v) is 12.0. The molecule has 0 unspecified atom stereocenters. The summed E-state index contributed by atoms with van der Waals surface area (Å²) in [5, 5.41) is 11.9. The molecule has 108 valence electrons. The third-order valence-corrected chi connectivity index (χ3v) is 2.83. The Bertz CT molecular complexity index is 638. The first kappa shape index (κ1) is 14.5. The number of ether oxygens (including phenoxy) is 3. The number of hydrogen-bond donors (Lipinski definition) is 1. The monoisotopic (exact) mass is 285 g/mol. The summed E-state index contributed by atoms with van der Waals surface area (Å²) in [5.74, 6) is 2.24. The molecule has 0 atom stereocenters. The van der Waals surface area contributed by atoms with Crippen LogP contribution in [0.25, 0.3) is 0 Å². The van der Waals surface area contributed by atoms with Crippen molar-refractivity contribution < 1.29 is 14.2 Å². The van der Waals surface area contributed by atoms with Gasteiger partial charge in [-0.2, -0.15) is 5.26 Å². The molecular weight excluding hydrogens is 270 g/mol. The van der Waals surface area contributed by atoms with Gasteiger partial charge in [0, 0.05) is 24.0 Å². The molecule has 0 fully saturated rings. The number of nitriles is 1. The molecule has 0 aliphatic carbocycles. The van der Waals surface area contributed by atoms with Crippen molar-refractivity contribution in [3.05, 3.63) is 36.0 Å². The van der Waals surface area contributed by atoms with Crippen molar-refractivity contribution in [1.82, 2.24) is 4.98 Å². The molecule has 1 N–H and O–H groups in total. The van der Waals surface area contributed by atoms with E-state index in [0.717, 1.165) is 5.69 Å². The van der Waals surface area contributed by atoms with E-state index in [1.165, 1.54) is 6.20 Å². The molecular formula is C15H15N3O3. The maximum absolute atomic E-state index is 8.76. The summed E-state index contributed by atoms with van der Waals surface area (Å²) in [6.07, 6.45) is 1.50. The summed E-state index contributed by atoms with van der Waals surface area (Å²) in [4.78, 5) is 4.15. The third-order valence-electron chi connectivity index (χ3n) is 2.83. The van der Waals surface area contributed by atoms with Crippen molar-refractivity contribution in [3.63, 3.8) is 0 Å². The molecule has 0 aliphatic rings. The quantitative estimate of drug-likeness (QED) is 0.910. The number of nitrogens with one attached hydrogen (secondary N) is 1. The van der Waals surface area contributed by atoms with Crippen LogP contribution in [0.3, 0.4) is 0 Å². The van der Waals surface area contributed by atoms with E-state index in [2.05, 4.69) is 10.3 Å². The number of hydrogen-bond acceptors (Lipinski definition) is 6. The lowest BCUT2D eigenvalue weighted by molar-refractivity contribution is 0.324. The summed E-state index contributed by atoms with van der Waals surface area (Å²) >= 11 is 0. The zero-order chi connectivity index (χ0) is 15.2. The summed E-state index contributed by atoms with van der Waals surface area (Å²) in [6, 6.07) is 8.99. The van der Waals surface area contributed by atoms with Crippen LogP contribution < -0.4 is 19.5 Å². The normalized spacial score (nSPS) is 9.62. The lowest BCUT2D eigenvalue weighted by Crippen LogP contribution is -1.98. The first-order valence-electron chi connectivity index (χ1n) is 6.15. The molecule has 0 amide bonds. The Morgan fingerprint density at radius 2 is 1.71 bits per heavy atom. The average Bonchev–Trinajstić information content (AvgIpc) is 2.54. The first-order chi connectivity index (χ1) is 10.2. The van der Waals surface area contributed by atoms with Crippen molar-refractivity contribution in [1.29, 1.82) is 5.26 Å². The number of methoxy groups -OCH3 is 3. The Morgan fingerprint density at radius 1 is 1.05 bits per heavy atom. The smallest absolute Gasteiger partial charge is 0.203 e. The molecule has 0 saturated carbocycles. The van der Waals surface area contributed by atoms with E-state index in [-0.39, 0.29) is 0 Å². The van der Waals surface area contributed by atoms with Gasteiger partial charge in [-0.25, -0.2) is 4.98 Å². The fourth-order valence-electron chi connectivity index (χ4n) is 1.84. The number of rotatable bonds is 5. The molecule has 1 aromatic carbocycles. The predicted molar refractivity (Wildman–Crippen MR) is 78.3 cm³/mol. The minimum absolute atomic E-state index is 0.505. The average molecular weight is 285 g/mol. The summed E-state index contributed by atoms with van der Waals surface area (Å²) < 4.78 is 15.8. The van der Waals surface area contributed by atoms with Crippen LogP contribution in [-0.2, 0) is 0 Å². The highest BCUT2D eigenvalue weighted by atomic mass is 16.5. The van der Waals surface area contributed by atoms with E-state index in [1.54, 1.807) is 45.6 Å². The number of pyridine rings is 1. The van der Waals surface area contributed by atoms with E-state index in [9.17, 15) is 0 Å². The molecule has 0 radical (unpaired) electrons. The SMILES string of the molecule is COc1cc(Nc2ccc(C#N)cn2)cc(OC)c1OC. The van der Waals surface area contributed by atoms with Crippen LogP contribution in [-0.4, -0.2) is 26.3 Å². The molecule has 6 nitrogen and oxygen atoms in total. The van der Waals surface area contributed by atoms with E-state index >= 15 is 0 Å². The van der Waals surface area contributed by atoms with E-state index < -0.39 is 0 Å². The molecule has 2 rings (SSSR count). The zero-order valence-electron chi connectivity index (χ0n) is 12.0.